The highest BCUT2D eigenvalue weighted by atomic mass is 16.5. The molecule has 1 heterocycles. The van der Waals surface area contributed by atoms with Crippen LogP contribution in [0.4, 0.5) is 0 Å². The second-order valence-electron chi connectivity index (χ2n) is 4.33. The average molecular weight is 263 g/mol. The maximum Gasteiger partial charge on any atom is 0.353 e. The number of aromatic nitrogens is 2. The van der Waals surface area contributed by atoms with Gasteiger partial charge in [0.1, 0.15) is 12.4 Å². The molecule has 0 aromatic carbocycles. The summed E-state index contributed by atoms with van der Waals surface area (Å²) >= 11 is 0. The number of rotatable bonds is 8. The predicted molar refractivity (Wildman–Crippen MR) is 74.2 cm³/mol. The van der Waals surface area contributed by atoms with E-state index in [4.69, 9.17) is 4.74 Å². The summed E-state index contributed by atoms with van der Waals surface area (Å²) in [5, 5.41) is 0. The third kappa shape index (κ3) is 6.60. The van der Waals surface area contributed by atoms with Crippen molar-refractivity contribution in [3.8, 4) is 0 Å². The molecule has 0 aliphatic carbocycles. The zero-order valence-electron chi connectivity index (χ0n) is 11.8. The highest BCUT2D eigenvalue weighted by Gasteiger charge is 2.08. The van der Waals surface area contributed by atoms with Crippen molar-refractivity contribution in [3.63, 3.8) is 0 Å². The number of nitrogens with zero attached hydrogens (tertiary/aromatic N) is 2. The number of unbranched alkanes of at least 4 members (excludes halogenated alkanes) is 1. The number of aryl methyl sites for hydroxylation is 1. The van der Waals surface area contributed by atoms with Crippen LogP contribution >= 0.6 is 0 Å². The van der Waals surface area contributed by atoms with Crippen LogP contribution in [0.1, 0.15) is 33.1 Å². The highest BCUT2D eigenvalue weighted by Crippen LogP contribution is 1.93. The van der Waals surface area contributed by atoms with Crippen molar-refractivity contribution < 1.29 is 14.1 Å². The predicted octanol–water partition coefficient (Wildman–Crippen LogP) is 2.60. The normalized spacial score (nSPS) is 11.5. The Balaban J connectivity index is 2.33. The number of hydrogen-bond acceptors (Lipinski definition) is 2. The molecule has 104 valence electrons. The topological polar surface area (TPSA) is 35.1 Å². The molecule has 0 aliphatic rings. The first kappa shape index (κ1) is 15.2. The van der Waals surface area contributed by atoms with Gasteiger partial charge in [0.25, 0.3) is 0 Å². The van der Waals surface area contributed by atoms with Gasteiger partial charge in [0, 0.05) is 0 Å². The van der Waals surface area contributed by atoms with E-state index < -0.39 is 0 Å². The van der Waals surface area contributed by atoms with Crippen molar-refractivity contribution in [3.05, 3.63) is 43.2 Å². The number of hydrogen-bond donors (Lipinski definition) is 0. The Hall–Kier alpha value is -1.84. The molecule has 0 saturated carbocycles. The third-order valence-corrected chi connectivity index (χ3v) is 2.59. The molecule has 1 aromatic rings. The minimum absolute atomic E-state index is 0.237. The molecule has 0 bridgehead atoms. The lowest BCUT2D eigenvalue weighted by Gasteiger charge is -1.95. The van der Waals surface area contributed by atoms with Gasteiger partial charge in [-0.1, -0.05) is 32.4 Å². The van der Waals surface area contributed by atoms with Crippen LogP contribution in [0.5, 0.6) is 0 Å². The molecule has 0 spiro atoms. The van der Waals surface area contributed by atoms with Crippen LogP contribution in [-0.4, -0.2) is 10.5 Å². The quantitative estimate of drug-likeness (QED) is 0.313. The number of esters is 1. The van der Waals surface area contributed by atoms with Gasteiger partial charge >= 0.3 is 5.97 Å². The van der Waals surface area contributed by atoms with Gasteiger partial charge < -0.3 is 4.74 Å². The van der Waals surface area contributed by atoms with Crippen LogP contribution in [0.3, 0.4) is 0 Å². The van der Waals surface area contributed by atoms with E-state index in [0.717, 1.165) is 25.8 Å². The van der Waals surface area contributed by atoms with Crippen molar-refractivity contribution in [2.45, 2.75) is 46.2 Å². The van der Waals surface area contributed by atoms with Gasteiger partial charge in [0.2, 0.25) is 6.33 Å². The SMILES string of the molecule is CCC=CC=COC(=O)C[n+]1ccn(CCCC)c1. The lowest BCUT2D eigenvalue weighted by atomic mass is 10.3. The first-order valence-corrected chi connectivity index (χ1v) is 6.82. The fourth-order valence-corrected chi connectivity index (χ4v) is 1.57. The average Bonchev–Trinajstić information content (AvgIpc) is 2.83. The standard InChI is InChI=1S/C15H23N2O2/c1-3-5-7-8-12-19-15(18)13-17-11-10-16(14-17)9-6-4-2/h5,7-8,10-12,14H,3-4,6,9,13H2,1-2H3/q+1. The fraction of sp³-hybridized carbons (Fsp3) is 0.467. The molecular weight excluding hydrogens is 240 g/mol. The summed E-state index contributed by atoms with van der Waals surface area (Å²) in [6.45, 7) is 5.44. The van der Waals surface area contributed by atoms with Crippen LogP contribution < -0.4 is 4.57 Å². The number of imidazole rings is 1. The Morgan fingerprint density at radius 3 is 2.95 bits per heavy atom. The molecule has 0 aliphatic heterocycles. The Morgan fingerprint density at radius 2 is 2.21 bits per heavy atom. The number of carbonyl (C=O) groups is 1. The smallest absolute Gasteiger partial charge is 0.353 e. The number of allylic oxidation sites excluding steroid dienone is 3. The first-order valence-electron chi connectivity index (χ1n) is 6.82. The Bertz CT molecular complexity index is 433. The maximum absolute atomic E-state index is 11.5. The summed E-state index contributed by atoms with van der Waals surface area (Å²) in [6.07, 6.45) is 16.1. The summed E-state index contributed by atoms with van der Waals surface area (Å²) in [5.41, 5.74) is 0. The summed E-state index contributed by atoms with van der Waals surface area (Å²) in [4.78, 5) is 11.5. The van der Waals surface area contributed by atoms with Gasteiger partial charge in [-0.3, -0.25) is 0 Å². The molecule has 0 atom stereocenters. The van der Waals surface area contributed by atoms with Crippen molar-refractivity contribution in [1.82, 2.24) is 4.57 Å². The van der Waals surface area contributed by atoms with Crippen LogP contribution in [0, 0.1) is 0 Å². The van der Waals surface area contributed by atoms with Gasteiger partial charge in [0.15, 0.2) is 6.54 Å². The number of ether oxygens (including phenoxy) is 1. The van der Waals surface area contributed by atoms with Crippen molar-refractivity contribution >= 4 is 5.97 Å². The molecule has 0 unspecified atom stereocenters. The number of carbonyl (C=O) groups excluding carboxylic acids is 1. The molecule has 0 fully saturated rings. The van der Waals surface area contributed by atoms with Crippen molar-refractivity contribution in [2.75, 3.05) is 0 Å². The van der Waals surface area contributed by atoms with Gasteiger partial charge in [-0.2, -0.15) is 0 Å². The maximum atomic E-state index is 11.5. The van der Waals surface area contributed by atoms with Crippen LogP contribution in [0.2, 0.25) is 0 Å². The molecule has 1 aromatic heterocycles. The molecule has 1 rings (SSSR count). The molecular formula is C15H23N2O2+. The molecule has 0 saturated heterocycles. The lowest BCUT2D eigenvalue weighted by molar-refractivity contribution is -0.685. The Labute approximate surface area is 115 Å². The van der Waals surface area contributed by atoms with Gasteiger partial charge in [-0.15, -0.1) is 0 Å². The summed E-state index contributed by atoms with van der Waals surface area (Å²) in [7, 11) is 0. The van der Waals surface area contributed by atoms with E-state index in [1.165, 1.54) is 6.26 Å². The molecule has 4 heteroatoms. The zero-order chi connectivity index (χ0) is 13.9. The van der Waals surface area contributed by atoms with E-state index >= 15 is 0 Å². The molecule has 4 nitrogen and oxygen atoms in total. The monoisotopic (exact) mass is 263 g/mol. The van der Waals surface area contributed by atoms with Gasteiger partial charge in [0.05, 0.1) is 12.8 Å². The second kappa shape index (κ2) is 9.14. The largest absolute Gasteiger partial charge is 0.432 e. The summed E-state index contributed by atoms with van der Waals surface area (Å²) in [6, 6.07) is 0. The molecule has 0 N–H and O–H groups in total. The van der Waals surface area contributed by atoms with Crippen LogP contribution in [0.25, 0.3) is 0 Å². The lowest BCUT2D eigenvalue weighted by Crippen LogP contribution is -2.36. The molecule has 19 heavy (non-hydrogen) atoms. The third-order valence-electron chi connectivity index (χ3n) is 2.59. The van der Waals surface area contributed by atoms with E-state index in [2.05, 4.69) is 18.4 Å². The summed E-state index contributed by atoms with van der Waals surface area (Å²) in [5.74, 6) is -0.264. The fourth-order valence-electron chi connectivity index (χ4n) is 1.57. The van der Waals surface area contributed by atoms with Gasteiger partial charge in [-0.25, -0.2) is 13.9 Å². The molecule has 0 radical (unpaired) electrons. The van der Waals surface area contributed by atoms with Gasteiger partial charge in [-0.05, 0) is 18.9 Å². The molecule has 0 amide bonds. The highest BCUT2D eigenvalue weighted by molar-refractivity contribution is 5.68. The van der Waals surface area contributed by atoms with Crippen LogP contribution in [-0.2, 0) is 22.6 Å². The van der Waals surface area contributed by atoms with E-state index in [0.29, 0.717) is 0 Å². The minimum atomic E-state index is -0.264. The van der Waals surface area contributed by atoms with E-state index in [1.54, 1.807) is 6.08 Å². The van der Waals surface area contributed by atoms with E-state index in [9.17, 15) is 4.79 Å². The second-order valence-corrected chi connectivity index (χ2v) is 4.33. The zero-order valence-corrected chi connectivity index (χ0v) is 11.8. The van der Waals surface area contributed by atoms with Crippen LogP contribution in [0.15, 0.2) is 43.2 Å². The Morgan fingerprint density at radius 1 is 1.37 bits per heavy atom. The van der Waals surface area contributed by atoms with Crippen molar-refractivity contribution in [2.24, 2.45) is 0 Å². The van der Waals surface area contributed by atoms with E-state index in [1.807, 2.05) is 35.4 Å². The summed E-state index contributed by atoms with van der Waals surface area (Å²) < 4.78 is 8.89. The van der Waals surface area contributed by atoms with Crippen molar-refractivity contribution in [1.29, 1.82) is 0 Å². The van der Waals surface area contributed by atoms with E-state index in [-0.39, 0.29) is 12.5 Å². The first-order chi connectivity index (χ1) is 9.26. The minimum Gasteiger partial charge on any atom is -0.432 e. The Kier molecular flexibility index (Phi) is 7.32.